The Bertz CT molecular complexity index is 1980. The molecule has 0 aliphatic heterocycles. The number of likely N-dealkylation sites (N-methyl/N-ethyl adjacent to an activating group) is 1. The van der Waals surface area contributed by atoms with Crippen LogP contribution in [0.2, 0.25) is 0 Å². The van der Waals surface area contributed by atoms with Gasteiger partial charge in [-0.15, -0.1) is 11.3 Å². The van der Waals surface area contributed by atoms with Crippen LogP contribution in [0.25, 0.3) is 21.5 Å². The van der Waals surface area contributed by atoms with Gasteiger partial charge in [0, 0.05) is 53.4 Å². The van der Waals surface area contributed by atoms with Crippen molar-refractivity contribution in [1.29, 1.82) is 0 Å². The standard InChI is InChI=1S/C35H28N4O5S/c1-39(30(35(42)43)18-24-20-36-29-13-6-5-12-28(24)29)34(41)23-16-14-22(15-17-23)33-37-21-31(45-33)32(40)38-25-8-7-11-27(19-25)44-26-9-3-2-4-10-26/h2-17,19-21,30,36H,18H2,1H3,(H,38,40)(H,42,43)/t30-/m1/s1. The number of hydrogen-bond donors (Lipinski definition) is 3. The highest BCUT2D eigenvalue weighted by atomic mass is 32.1. The molecule has 2 amide bonds. The third-order valence-electron chi connectivity index (χ3n) is 7.34. The minimum Gasteiger partial charge on any atom is -0.480 e. The van der Waals surface area contributed by atoms with Gasteiger partial charge in [-0.3, -0.25) is 9.59 Å². The van der Waals surface area contributed by atoms with Crippen LogP contribution in [-0.2, 0) is 11.2 Å². The lowest BCUT2D eigenvalue weighted by Gasteiger charge is -2.25. The molecule has 2 aromatic heterocycles. The number of anilines is 1. The second kappa shape index (κ2) is 12.9. The topological polar surface area (TPSA) is 125 Å². The SMILES string of the molecule is CN(C(=O)c1ccc(-c2ncc(C(=O)Nc3cccc(Oc4ccccc4)c3)s2)cc1)[C@H](Cc1c[nH]c2ccccc12)C(=O)O. The van der Waals surface area contributed by atoms with Gasteiger partial charge in [-0.25, -0.2) is 9.78 Å². The molecule has 0 radical (unpaired) electrons. The zero-order valence-electron chi connectivity index (χ0n) is 24.1. The molecule has 4 aromatic carbocycles. The number of aromatic amines is 1. The molecule has 1 atom stereocenters. The third kappa shape index (κ3) is 6.61. The number of benzene rings is 4. The second-order valence-corrected chi connectivity index (χ2v) is 11.4. The summed E-state index contributed by atoms with van der Waals surface area (Å²) in [5.41, 5.74) is 3.39. The van der Waals surface area contributed by atoms with Crippen molar-refractivity contribution in [3.8, 4) is 22.1 Å². The van der Waals surface area contributed by atoms with E-state index in [4.69, 9.17) is 4.74 Å². The molecule has 224 valence electrons. The number of para-hydroxylation sites is 2. The van der Waals surface area contributed by atoms with Gasteiger partial charge in [0.05, 0.1) is 6.20 Å². The summed E-state index contributed by atoms with van der Waals surface area (Å²) < 4.78 is 5.85. The van der Waals surface area contributed by atoms with Crippen molar-refractivity contribution >= 4 is 45.7 Å². The van der Waals surface area contributed by atoms with Crippen molar-refractivity contribution in [2.75, 3.05) is 12.4 Å². The number of carbonyl (C=O) groups is 3. The lowest BCUT2D eigenvalue weighted by atomic mass is 10.0. The fraction of sp³-hybridized carbons (Fsp3) is 0.0857. The summed E-state index contributed by atoms with van der Waals surface area (Å²) in [4.78, 5) is 47.7. The molecule has 2 heterocycles. The number of carboxylic acids is 1. The van der Waals surface area contributed by atoms with E-state index in [-0.39, 0.29) is 12.3 Å². The number of rotatable bonds is 10. The summed E-state index contributed by atoms with van der Waals surface area (Å²) >= 11 is 1.22. The molecule has 0 saturated heterocycles. The largest absolute Gasteiger partial charge is 0.480 e. The van der Waals surface area contributed by atoms with Gasteiger partial charge in [0.2, 0.25) is 0 Å². The van der Waals surface area contributed by atoms with E-state index in [1.165, 1.54) is 29.5 Å². The maximum atomic E-state index is 13.3. The number of carboxylic acid groups (broad SMARTS) is 1. The number of thiazole rings is 1. The van der Waals surface area contributed by atoms with Gasteiger partial charge in [-0.2, -0.15) is 0 Å². The Kier molecular flexibility index (Phi) is 8.39. The van der Waals surface area contributed by atoms with E-state index in [0.29, 0.717) is 32.6 Å². The first-order chi connectivity index (χ1) is 21.9. The van der Waals surface area contributed by atoms with Crippen LogP contribution in [-0.4, -0.2) is 50.8 Å². The molecule has 6 aromatic rings. The zero-order valence-corrected chi connectivity index (χ0v) is 25.0. The van der Waals surface area contributed by atoms with E-state index >= 15 is 0 Å². The second-order valence-electron chi connectivity index (χ2n) is 10.3. The number of hydrogen-bond acceptors (Lipinski definition) is 6. The molecular formula is C35H28N4O5S. The highest BCUT2D eigenvalue weighted by Crippen LogP contribution is 2.28. The van der Waals surface area contributed by atoms with E-state index in [2.05, 4.69) is 15.3 Å². The van der Waals surface area contributed by atoms with Crippen LogP contribution in [0, 0.1) is 0 Å². The molecule has 0 fully saturated rings. The molecule has 0 saturated carbocycles. The van der Waals surface area contributed by atoms with E-state index in [0.717, 1.165) is 22.0 Å². The first-order valence-corrected chi connectivity index (χ1v) is 14.9. The van der Waals surface area contributed by atoms with Crippen LogP contribution in [0.5, 0.6) is 11.5 Å². The highest BCUT2D eigenvalue weighted by Gasteiger charge is 2.28. The minimum absolute atomic E-state index is 0.161. The van der Waals surface area contributed by atoms with Crippen LogP contribution in [0.4, 0.5) is 5.69 Å². The van der Waals surface area contributed by atoms with Crippen LogP contribution in [0.1, 0.15) is 25.6 Å². The predicted octanol–water partition coefficient (Wildman–Crippen LogP) is 7.10. The van der Waals surface area contributed by atoms with Crippen LogP contribution < -0.4 is 10.1 Å². The number of aliphatic carboxylic acids is 1. The first-order valence-electron chi connectivity index (χ1n) is 14.1. The number of H-pyrrole nitrogens is 1. The van der Waals surface area contributed by atoms with Crippen molar-refractivity contribution in [2.45, 2.75) is 12.5 Å². The Morgan fingerprint density at radius 3 is 2.44 bits per heavy atom. The van der Waals surface area contributed by atoms with Gasteiger partial charge in [0.15, 0.2) is 0 Å². The summed E-state index contributed by atoms with van der Waals surface area (Å²) in [6.07, 6.45) is 3.45. The molecule has 0 spiro atoms. The maximum Gasteiger partial charge on any atom is 0.326 e. The Labute approximate surface area is 262 Å². The molecule has 9 nitrogen and oxygen atoms in total. The Balaban J connectivity index is 1.11. The van der Waals surface area contributed by atoms with Crippen molar-refractivity contribution < 1.29 is 24.2 Å². The number of fused-ring (bicyclic) bond motifs is 1. The van der Waals surface area contributed by atoms with E-state index in [9.17, 15) is 19.5 Å². The molecule has 0 bridgehead atoms. The lowest BCUT2D eigenvalue weighted by Crippen LogP contribution is -2.43. The Morgan fingerprint density at radius 2 is 1.67 bits per heavy atom. The number of carbonyl (C=O) groups excluding carboxylic acids is 2. The normalized spacial score (nSPS) is 11.6. The smallest absolute Gasteiger partial charge is 0.326 e. The number of aromatic nitrogens is 2. The van der Waals surface area contributed by atoms with Crippen molar-refractivity contribution in [3.63, 3.8) is 0 Å². The van der Waals surface area contributed by atoms with Crippen molar-refractivity contribution in [3.05, 3.63) is 132 Å². The predicted molar refractivity (Wildman–Crippen MR) is 174 cm³/mol. The van der Waals surface area contributed by atoms with Gasteiger partial charge in [-0.1, -0.05) is 54.6 Å². The quantitative estimate of drug-likeness (QED) is 0.151. The third-order valence-corrected chi connectivity index (χ3v) is 8.39. The van der Waals surface area contributed by atoms with E-state index < -0.39 is 17.9 Å². The fourth-order valence-electron chi connectivity index (χ4n) is 4.97. The molecule has 0 aliphatic rings. The van der Waals surface area contributed by atoms with E-state index in [1.54, 1.807) is 48.7 Å². The van der Waals surface area contributed by atoms with Crippen LogP contribution in [0.3, 0.4) is 0 Å². The average Bonchev–Trinajstić information content (AvgIpc) is 3.72. The number of amides is 2. The van der Waals surface area contributed by atoms with Gasteiger partial charge in [-0.05, 0) is 48.0 Å². The maximum absolute atomic E-state index is 13.3. The molecule has 45 heavy (non-hydrogen) atoms. The summed E-state index contributed by atoms with van der Waals surface area (Å²) in [6, 6.07) is 29.8. The molecule has 10 heteroatoms. The van der Waals surface area contributed by atoms with Gasteiger partial charge < -0.3 is 25.0 Å². The Morgan fingerprint density at radius 1 is 0.933 bits per heavy atom. The lowest BCUT2D eigenvalue weighted by molar-refractivity contribution is -0.141. The van der Waals surface area contributed by atoms with Crippen LogP contribution >= 0.6 is 11.3 Å². The van der Waals surface area contributed by atoms with Crippen LogP contribution in [0.15, 0.2) is 116 Å². The average molecular weight is 617 g/mol. The molecular weight excluding hydrogens is 588 g/mol. The van der Waals surface area contributed by atoms with Gasteiger partial charge in [0.1, 0.15) is 27.4 Å². The number of nitrogens with one attached hydrogen (secondary N) is 2. The zero-order chi connectivity index (χ0) is 31.3. The summed E-state index contributed by atoms with van der Waals surface area (Å²) in [7, 11) is 1.50. The fourth-order valence-corrected chi connectivity index (χ4v) is 5.78. The summed E-state index contributed by atoms with van der Waals surface area (Å²) in [5, 5.41) is 14.4. The summed E-state index contributed by atoms with van der Waals surface area (Å²) in [6.45, 7) is 0. The monoisotopic (exact) mass is 616 g/mol. The van der Waals surface area contributed by atoms with Gasteiger partial charge in [0.25, 0.3) is 11.8 Å². The van der Waals surface area contributed by atoms with Crippen molar-refractivity contribution in [2.24, 2.45) is 0 Å². The molecule has 3 N–H and O–H groups in total. The number of ether oxygens (including phenoxy) is 1. The number of nitrogens with zero attached hydrogens (tertiary/aromatic N) is 2. The first kappa shape index (κ1) is 29.3. The molecule has 0 unspecified atom stereocenters. The van der Waals surface area contributed by atoms with Crippen molar-refractivity contribution in [1.82, 2.24) is 14.9 Å². The highest BCUT2D eigenvalue weighted by molar-refractivity contribution is 7.17. The van der Waals surface area contributed by atoms with Gasteiger partial charge >= 0.3 is 5.97 Å². The summed E-state index contributed by atoms with van der Waals surface area (Å²) in [5.74, 6) is -0.515. The minimum atomic E-state index is -1.09. The molecule has 0 aliphatic carbocycles. The van der Waals surface area contributed by atoms with E-state index in [1.807, 2.05) is 60.7 Å². The molecule has 6 rings (SSSR count). The Hall–Kier alpha value is -5.74.